The molecule has 21 heavy (non-hydrogen) atoms. The Labute approximate surface area is 131 Å². The van der Waals surface area contributed by atoms with Crippen molar-refractivity contribution in [2.45, 2.75) is 20.3 Å². The van der Waals surface area contributed by atoms with Crippen LogP contribution in [0.15, 0.2) is 36.4 Å². The number of nitrogens with two attached hydrogens (primary N) is 1. The SMILES string of the molecule is CCc1cccc(C)c1Nc1cc(OC)ccc1C(N)=S. The van der Waals surface area contributed by atoms with Gasteiger partial charge >= 0.3 is 0 Å². The van der Waals surface area contributed by atoms with Crippen LogP contribution >= 0.6 is 12.2 Å². The smallest absolute Gasteiger partial charge is 0.120 e. The van der Waals surface area contributed by atoms with E-state index in [1.54, 1.807) is 7.11 Å². The molecule has 0 saturated heterocycles. The first-order valence-electron chi connectivity index (χ1n) is 6.90. The summed E-state index contributed by atoms with van der Waals surface area (Å²) in [6.45, 7) is 4.22. The van der Waals surface area contributed by atoms with Crippen molar-refractivity contribution in [3.8, 4) is 5.75 Å². The van der Waals surface area contributed by atoms with Gasteiger partial charge in [0.05, 0.1) is 12.8 Å². The van der Waals surface area contributed by atoms with E-state index in [0.29, 0.717) is 4.99 Å². The summed E-state index contributed by atoms with van der Waals surface area (Å²) >= 11 is 5.14. The van der Waals surface area contributed by atoms with Crippen LogP contribution in [-0.2, 0) is 6.42 Å². The maximum absolute atomic E-state index is 5.82. The molecule has 0 aliphatic rings. The molecule has 2 aromatic carbocycles. The van der Waals surface area contributed by atoms with Crippen LogP contribution in [0.25, 0.3) is 0 Å². The van der Waals surface area contributed by atoms with Gasteiger partial charge in [-0.05, 0) is 36.6 Å². The van der Waals surface area contributed by atoms with Crippen molar-refractivity contribution in [1.82, 2.24) is 0 Å². The summed E-state index contributed by atoms with van der Waals surface area (Å²) in [6.07, 6.45) is 0.955. The summed E-state index contributed by atoms with van der Waals surface area (Å²) in [6, 6.07) is 11.9. The lowest BCUT2D eigenvalue weighted by Gasteiger charge is -2.17. The van der Waals surface area contributed by atoms with Crippen molar-refractivity contribution in [2.75, 3.05) is 12.4 Å². The highest BCUT2D eigenvalue weighted by atomic mass is 32.1. The highest BCUT2D eigenvalue weighted by Crippen LogP contribution is 2.30. The Morgan fingerprint density at radius 3 is 2.67 bits per heavy atom. The summed E-state index contributed by atoms with van der Waals surface area (Å²) in [4.78, 5) is 0.367. The summed E-state index contributed by atoms with van der Waals surface area (Å²) < 4.78 is 5.29. The van der Waals surface area contributed by atoms with Crippen LogP contribution in [0.5, 0.6) is 5.75 Å². The number of thiocarbonyl (C=S) groups is 1. The van der Waals surface area contributed by atoms with E-state index in [9.17, 15) is 0 Å². The van der Waals surface area contributed by atoms with Gasteiger partial charge in [-0.15, -0.1) is 0 Å². The molecule has 0 unspecified atom stereocenters. The van der Waals surface area contributed by atoms with Crippen LogP contribution in [0.3, 0.4) is 0 Å². The quantitative estimate of drug-likeness (QED) is 0.821. The molecule has 2 aromatic rings. The molecule has 4 heteroatoms. The zero-order chi connectivity index (χ0) is 15.4. The second kappa shape index (κ2) is 6.59. The lowest BCUT2D eigenvalue weighted by molar-refractivity contribution is 0.415. The molecule has 0 bridgehead atoms. The van der Waals surface area contributed by atoms with Crippen LogP contribution < -0.4 is 15.8 Å². The van der Waals surface area contributed by atoms with E-state index >= 15 is 0 Å². The lowest BCUT2D eigenvalue weighted by atomic mass is 10.0. The number of para-hydroxylation sites is 1. The number of anilines is 2. The Balaban J connectivity index is 2.50. The number of nitrogens with one attached hydrogen (secondary N) is 1. The highest BCUT2D eigenvalue weighted by Gasteiger charge is 2.10. The fourth-order valence-corrected chi connectivity index (χ4v) is 2.48. The molecule has 0 saturated carbocycles. The molecule has 0 heterocycles. The zero-order valence-corrected chi connectivity index (χ0v) is 13.4. The number of methoxy groups -OCH3 is 1. The number of rotatable bonds is 5. The van der Waals surface area contributed by atoms with Gasteiger partial charge in [-0.2, -0.15) is 0 Å². The maximum Gasteiger partial charge on any atom is 0.120 e. The summed E-state index contributed by atoms with van der Waals surface area (Å²) in [7, 11) is 1.64. The van der Waals surface area contributed by atoms with E-state index in [1.165, 1.54) is 11.1 Å². The molecular weight excluding hydrogens is 280 g/mol. The standard InChI is InChI=1S/C17H20N2OS/c1-4-12-7-5-6-11(2)16(12)19-15-10-13(20-3)8-9-14(15)17(18)21/h5-10,19H,4H2,1-3H3,(H2,18,21). The van der Waals surface area contributed by atoms with Crippen molar-refractivity contribution in [3.05, 3.63) is 53.1 Å². The van der Waals surface area contributed by atoms with Gasteiger partial charge in [0.1, 0.15) is 10.7 Å². The first-order valence-corrected chi connectivity index (χ1v) is 7.31. The van der Waals surface area contributed by atoms with Crippen molar-refractivity contribution >= 4 is 28.6 Å². The average Bonchev–Trinajstić information content (AvgIpc) is 2.48. The number of ether oxygens (including phenoxy) is 1. The number of hydrogen-bond donors (Lipinski definition) is 2. The van der Waals surface area contributed by atoms with Gasteiger partial charge in [0.15, 0.2) is 0 Å². The summed E-state index contributed by atoms with van der Waals surface area (Å²) in [5.41, 5.74) is 11.0. The third-order valence-electron chi connectivity index (χ3n) is 3.49. The van der Waals surface area contributed by atoms with Gasteiger partial charge in [0.25, 0.3) is 0 Å². The molecule has 0 aromatic heterocycles. The molecule has 110 valence electrons. The Hall–Kier alpha value is -2.07. The second-order valence-electron chi connectivity index (χ2n) is 4.86. The minimum Gasteiger partial charge on any atom is -0.497 e. The Kier molecular flexibility index (Phi) is 4.81. The largest absolute Gasteiger partial charge is 0.497 e. The highest BCUT2D eigenvalue weighted by molar-refractivity contribution is 7.80. The minimum absolute atomic E-state index is 0.367. The van der Waals surface area contributed by atoms with Crippen molar-refractivity contribution in [3.63, 3.8) is 0 Å². The normalized spacial score (nSPS) is 10.2. The van der Waals surface area contributed by atoms with Gasteiger partial charge in [0.2, 0.25) is 0 Å². The molecule has 3 nitrogen and oxygen atoms in total. The van der Waals surface area contributed by atoms with E-state index in [2.05, 4.69) is 37.4 Å². The Morgan fingerprint density at radius 1 is 1.29 bits per heavy atom. The van der Waals surface area contributed by atoms with E-state index in [1.807, 2.05) is 18.2 Å². The van der Waals surface area contributed by atoms with E-state index in [-0.39, 0.29) is 0 Å². The summed E-state index contributed by atoms with van der Waals surface area (Å²) in [5.74, 6) is 0.768. The van der Waals surface area contributed by atoms with Crippen LogP contribution in [0.1, 0.15) is 23.6 Å². The average molecular weight is 300 g/mol. The molecule has 3 N–H and O–H groups in total. The third kappa shape index (κ3) is 3.34. The molecule has 0 amide bonds. The molecule has 0 radical (unpaired) electrons. The van der Waals surface area contributed by atoms with Gasteiger partial charge < -0.3 is 15.8 Å². The second-order valence-corrected chi connectivity index (χ2v) is 5.30. The van der Waals surface area contributed by atoms with Gasteiger partial charge in [-0.1, -0.05) is 37.3 Å². The number of aryl methyl sites for hydroxylation is 2. The van der Waals surface area contributed by atoms with Crippen LogP contribution in [0.2, 0.25) is 0 Å². The van der Waals surface area contributed by atoms with Crippen molar-refractivity contribution < 1.29 is 4.74 Å². The van der Waals surface area contributed by atoms with Gasteiger partial charge in [0, 0.05) is 17.3 Å². The number of benzene rings is 2. The molecule has 0 aliphatic carbocycles. The van der Waals surface area contributed by atoms with E-state index < -0.39 is 0 Å². The van der Waals surface area contributed by atoms with Crippen LogP contribution in [0.4, 0.5) is 11.4 Å². The molecule has 0 aliphatic heterocycles. The Bertz CT molecular complexity index is 668. The van der Waals surface area contributed by atoms with E-state index in [0.717, 1.165) is 29.1 Å². The third-order valence-corrected chi connectivity index (χ3v) is 3.71. The topological polar surface area (TPSA) is 47.3 Å². The molecule has 0 spiro atoms. The van der Waals surface area contributed by atoms with Crippen LogP contribution in [0, 0.1) is 6.92 Å². The fourth-order valence-electron chi connectivity index (χ4n) is 2.31. The molecule has 0 fully saturated rings. The Morgan fingerprint density at radius 2 is 2.05 bits per heavy atom. The molecular formula is C17H20N2OS. The zero-order valence-electron chi connectivity index (χ0n) is 12.6. The van der Waals surface area contributed by atoms with Crippen molar-refractivity contribution in [2.24, 2.45) is 5.73 Å². The number of hydrogen-bond acceptors (Lipinski definition) is 3. The van der Waals surface area contributed by atoms with E-state index in [4.69, 9.17) is 22.7 Å². The maximum atomic E-state index is 5.82. The molecule has 0 atom stereocenters. The predicted octanol–water partition coefficient (Wildman–Crippen LogP) is 3.94. The summed E-state index contributed by atoms with van der Waals surface area (Å²) in [5, 5.41) is 3.47. The minimum atomic E-state index is 0.367. The first-order chi connectivity index (χ1) is 10.1. The van der Waals surface area contributed by atoms with Gasteiger partial charge in [-0.3, -0.25) is 0 Å². The lowest BCUT2D eigenvalue weighted by Crippen LogP contribution is -2.12. The fraction of sp³-hybridized carbons (Fsp3) is 0.235. The predicted molar refractivity (Wildman–Crippen MR) is 92.7 cm³/mol. The monoisotopic (exact) mass is 300 g/mol. The van der Waals surface area contributed by atoms with Gasteiger partial charge in [-0.25, -0.2) is 0 Å². The van der Waals surface area contributed by atoms with Crippen LogP contribution in [-0.4, -0.2) is 12.1 Å². The first kappa shape index (κ1) is 15.3. The van der Waals surface area contributed by atoms with Crippen molar-refractivity contribution in [1.29, 1.82) is 0 Å². The molecule has 2 rings (SSSR count).